The number of carbonyl (C=O) groups excluding carboxylic acids is 1. The van der Waals surface area contributed by atoms with Gasteiger partial charge in [-0.25, -0.2) is 4.98 Å². The number of thiophene rings is 1. The maximum atomic E-state index is 12.1. The summed E-state index contributed by atoms with van der Waals surface area (Å²) in [6, 6.07) is 7.31. The van der Waals surface area contributed by atoms with Crippen molar-refractivity contribution in [3.63, 3.8) is 0 Å². The standard InChI is InChI=1S/C15H16N2O3S/c18-15(17-9-13-2-1-7-21-13)11-3-5-16-14(8-11)20-12-4-6-19-10-12/h1-3,5,7-8,12H,4,6,9-10H2,(H,17,18)/t12-/m1/s1. The lowest BCUT2D eigenvalue weighted by atomic mass is 10.2. The fourth-order valence-electron chi connectivity index (χ4n) is 2.07. The van der Waals surface area contributed by atoms with Gasteiger partial charge in [-0.3, -0.25) is 4.79 Å². The topological polar surface area (TPSA) is 60.5 Å². The Kier molecular flexibility index (Phi) is 4.47. The molecule has 1 atom stereocenters. The zero-order valence-electron chi connectivity index (χ0n) is 11.5. The number of nitrogens with one attached hydrogen (secondary N) is 1. The van der Waals surface area contributed by atoms with Crippen molar-refractivity contribution in [3.8, 4) is 5.88 Å². The van der Waals surface area contributed by atoms with Gasteiger partial charge in [-0.15, -0.1) is 11.3 Å². The van der Waals surface area contributed by atoms with Crippen molar-refractivity contribution in [2.75, 3.05) is 13.2 Å². The van der Waals surface area contributed by atoms with Crippen LogP contribution in [0.1, 0.15) is 21.7 Å². The fraction of sp³-hybridized carbons (Fsp3) is 0.333. The van der Waals surface area contributed by atoms with Crippen LogP contribution in [0.2, 0.25) is 0 Å². The second-order valence-corrected chi connectivity index (χ2v) is 5.78. The van der Waals surface area contributed by atoms with E-state index in [1.807, 2.05) is 17.5 Å². The van der Waals surface area contributed by atoms with Crippen molar-refractivity contribution in [2.45, 2.75) is 19.1 Å². The van der Waals surface area contributed by atoms with Crippen LogP contribution in [0.4, 0.5) is 0 Å². The molecule has 0 aromatic carbocycles. The van der Waals surface area contributed by atoms with E-state index in [-0.39, 0.29) is 12.0 Å². The maximum Gasteiger partial charge on any atom is 0.251 e. The number of ether oxygens (including phenoxy) is 2. The lowest BCUT2D eigenvalue weighted by molar-refractivity contribution is 0.0949. The highest BCUT2D eigenvalue weighted by atomic mass is 32.1. The molecule has 2 aromatic rings. The van der Waals surface area contributed by atoms with E-state index in [2.05, 4.69) is 10.3 Å². The number of rotatable bonds is 5. The smallest absolute Gasteiger partial charge is 0.251 e. The van der Waals surface area contributed by atoms with Crippen LogP contribution >= 0.6 is 11.3 Å². The van der Waals surface area contributed by atoms with Gasteiger partial charge in [0.15, 0.2) is 0 Å². The van der Waals surface area contributed by atoms with Crippen LogP contribution in [-0.4, -0.2) is 30.2 Å². The molecule has 0 saturated carbocycles. The molecule has 1 fully saturated rings. The Balaban J connectivity index is 1.60. The van der Waals surface area contributed by atoms with Gasteiger partial charge in [0, 0.05) is 29.1 Å². The highest BCUT2D eigenvalue weighted by Crippen LogP contribution is 2.16. The lowest BCUT2D eigenvalue weighted by Gasteiger charge is -2.11. The van der Waals surface area contributed by atoms with E-state index in [0.717, 1.165) is 11.3 Å². The molecule has 1 aliphatic rings. The molecule has 0 aliphatic carbocycles. The first kappa shape index (κ1) is 14.0. The lowest BCUT2D eigenvalue weighted by Crippen LogP contribution is -2.23. The van der Waals surface area contributed by atoms with Crippen molar-refractivity contribution < 1.29 is 14.3 Å². The van der Waals surface area contributed by atoms with Crippen LogP contribution in [-0.2, 0) is 11.3 Å². The van der Waals surface area contributed by atoms with Crippen molar-refractivity contribution in [1.82, 2.24) is 10.3 Å². The average molecular weight is 304 g/mol. The second kappa shape index (κ2) is 6.69. The quantitative estimate of drug-likeness (QED) is 0.920. The zero-order chi connectivity index (χ0) is 14.5. The summed E-state index contributed by atoms with van der Waals surface area (Å²) in [6.07, 6.45) is 2.48. The minimum atomic E-state index is -0.127. The van der Waals surface area contributed by atoms with E-state index in [4.69, 9.17) is 9.47 Å². The Bertz CT molecular complexity index is 595. The third kappa shape index (κ3) is 3.80. The van der Waals surface area contributed by atoms with Crippen molar-refractivity contribution in [1.29, 1.82) is 0 Å². The van der Waals surface area contributed by atoms with Crippen LogP contribution in [0.3, 0.4) is 0 Å². The molecule has 1 amide bonds. The molecule has 3 rings (SSSR count). The summed E-state index contributed by atoms with van der Waals surface area (Å²) >= 11 is 1.62. The number of pyridine rings is 1. The fourth-order valence-corrected chi connectivity index (χ4v) is 2.72. The molecule has 1 N–H and O–H groups in total. The SMILES string of the molecule is O=C(NCc1cccs1)c1ccnc(O[C@@H]2CCOC2)c1. The highest BCUT2D eigenvalue weighted by molar-refractivity contribution is 7.09. The Labute approximate surface area is 126 Å². The van der Waals surface area contributed by atoms with E-state index in [0.29, 0.717) is 31.2 Å². The summed E-state index contributed by atoms with van der Waals surface area (Å²) < 4.78 is 11.0. The summed E-state index contributed by atoms with van der Waals surface area (Å²) in [5, 5.41) is 4.88. The molecular formula is C15H16N2O3S. The van der Waals surface area contributed by atoms with Gasteiger partial charge in [0.05, 0.1) is 19.8 Å². The van der Waals surface area contributed by atoms with Gasteiger partial charge in [-0.1, -0.05) is 6.07 Å². The van der Waals surface area contributed by atoms with Crippen LogP contribution in [0.5, 0.6) is 5.88 Å². The summed E-state index contributed by atoms with van der Waals surface area (Å²) in [4.78, 5) is 17.4. The average Bonchev–Trinajstić information content (AvgIpc) is 3.18. The molecule has 0 unspecified atom stereocenters. The van der Waals surface area contributed by atoms with Crippen molar-refractivity contribution in [3.05, 3.63) is 46.3 Å². The van der Waals surface area contributed by atoms with Crippen molar-refractivity contribution in [2.24, 2.45) is 0 Å². The minimum Gasteiger partial charge on any atom is -0.472 e. The van der Waals surface area contributed by atoms with E-state index in [9.17, 15) is 4.79 Å². The second-order valence-electron chi connectivity index (χ2n) is 4.75. The minimum absolute atomic E-state index is 0.0296. The molecule has 1 saturated heterocycles. The number of hydrogen-bond donors (Lipinski definition) is 1. The molecule has 0 radical (unpaired) electrons. The Morgan fingerprint density at radius 3 is 3.24 bits per heavy atom. The van der Waals surface area contributed by atoms with Gasteiger partial charge in [-0.2, -0.15) is 0 Å². The molecular weight excluding hydrogens is 288 g/mol. The van der Waals surface area contributed by atoms with Crippen molar-refractivity contribution >= 4 is 17.2 Å². The largest absolute Gasteiger partial charge is 0.472 e. The third-order valence-electron chi connectivity index (χ3n) is 3.18. The number of amides is 1. The van der Waals surface area contributed by atoms with Gasteiger partial charge >= 0.3 is 0 Å². The molecule has 1 aliphatic heterocycles. The normalized spacial score (nSPS) is 17.6. The molecule has 0 bridgehead atoms. The molecule has 21 heavy (non-hydrogen) atoms. The van der Waals surface area contributed by atoms with Crippen LogP contribution in [0.25, 0.3) is 0 Å². The van der Waals surface area contributed by atoms with Gasteiger partial charge in [0.2, 0.25) is 5.88 Å². The summed E-state index contributed by atoms with van der Waals surface area (Å²) in [7, 11) is 0. The first-order valence-corrected chi connectivity index (χ1v) is 7.70. The monoisotopic (exact) mass is 304 g/mol. The maximum absolute atomic E-state index is 12.1. The Hall–Kier alpha value is -1.92. The molecule has 6 heteroatoms. The molecule has 3 heterocycles. The molecule has 5 nitrogen and oxygen atoms in total. The van der Waals surface area contributed by atoms with Gasteiger partial charge < -0.3 is 14.8 Å². The summed E-state index contributed by atoms with van der Waals surface area (Å²) in [6.45, 7) is 1.83. The van der Waals surface area contributed by atoms with Crippen LogP contribution in [0.15, 0.2) is 35.8 Å². The third-order valence-corrected chi connectivity index (χ3v) is 4.05. The van der Waals surface area contributed by atoms with Gasteiger partial charge in [0.25, 0.3) is 5.91 Å². The van der Waals surface area contributed by atoms with Crippen LogP contribution < -0.4 is 10.1 Å². The Morgan fingerprint density at radius 2 is 2.48 bits per heavy atom. The highest BCUT2D eigenvalue weighted by Gasteiger charge is 2.18. The zero-order valence-corrected chi connectivity index (χ0v) is 12.3. The molecule has 110 valence electrons. The number of carbonyl (C=O) groups is 1. The van der Waals surface area contributed by atoms with E-state index >= 15 is 0 Å². The first-order chi connectivity index (χ1) is 10.3. The van der Waals surface area contributed by atoms with Crippen LogP contribution in [0, 0.1) is 0 Å². The van der Waals surface area contributed by atoms with E-state index in [1.165, 1.54) is 0 Å². The molecule has 2 aromatic heterocycles. The molecule has 0 spiro atoms. The number of aromatic nitrogens is 1. The number of hydrogen-bond acceptors (Lipinski definition) is 5. The van der Waals surface area contributed by atoms with Gasteiger partial charge in [-0.05, 0) is 17.5 Å². The Morgan fingerprint density at radius 1 is 1.52 bits per heavy atom. The predicted octanol–water partition coefficient (Wildman–Crippen LogP) is 2.24. The predicted molar refractivity (Wildman–Crippen MR) is 79.6 cm³/mol. The van der Waals surface area contributed by atoms with E-state index < -0.39 is 0 Å². The summed E-state index contributed by atoms with van der Waals surface area (Å²) in [5.74, 6) is 0.340. The summed E-state index contributed by atoms with van der Waals surface area (Å²) in [5.41, 5.74) is 0.551. The first-order valence-electron chi connectivity index (χ1n) is 6.82. The van der Waals surface area contributed by atoms with Gasteiger partial charge in [0.1, 0.15) is 6.10 Å². The number of nitrogens with zero attached hydrogens (tertiary/aromatic N) is 1. The van der Waals surface area contributed by atoms with E-state index in [1.54, 1.807) is 29.7 Å².